The van der Waals surface area contributed by atoms with Gasteiger partial charge in [0.1, 0.15) is 5.58 Å². The standard InChI is InChI=1S/C15H18N2O2/c1-9-3-12-5-14(19-13(12)4-10(9)2)15(18)17-8-11-6-16-7-11/h3-5,11,16H,6-8H2,1-2H3,(H,17,18). The van der Waals surface area contributed by atoms with E-state index in [1.54, 1.807) is 0 Å². The van der Waals surface area contributed by atoms with Gasteiger partial charge in [-0.25, -0.2) is 0 Å². The summed E-state index contributed by atoms with van der Waals surface area (Å²) in [6, 6.07) is 5.86. The zero-order chi connectivity index (χ0) is 13.4. The SMILES string of the molecule is Cc1cc2cc(C(=O)NCC3CNC3)oc2cc1C. The van der Waals surface area contributed by atoms with Gasteiger partial charge < -0.3 is 15.1 Å². The van der Waals surface area contributed by atoms with Gasteiger partial charge in [-0.15, -0.1) is 0 Å². The fourth-order valence-corrected chi connectivity index (χ4v) is 2.23. The fourth-order valence-electron chi connectivity index (χ4n) is 2.23. The van der Waals surface area contributed by atoms with Gasteiger partial charge in [0.2, 0.25) is 0 Å². The molecule has 0 saturated carbocycles. The highest BCUT2D eigenvalue weighted by Gasteiger charge is 2.19. The first-order chi connectivity index (χ1) is 9.13. The summed E-state index contributed by atoms with van der Waals surface area (Å²) >= 11 is 0. The molecule has 1 aromatic heterocycles. The zero-order valence-electron chi connectivity index (χ0n) is 11.2. The zero-order valence-corrected chi connectivity index (χ0v) is 11.2. The molecule has 0 spiro atoms. The van der Waals surface area contributed by atoms with Gasteiger partial charge in [-0.2, -0.15) is 0 Å². The molecular formula is C15H18N2O2. The Morgan fingerprint density at radius 2 is 2.05 bits per heavy atom. The summed E-state index contributed by atoms with van der Waals surface area (Å²) in [4.78, 5) is 12.0. The lowest BCUT2D eigenvalue weighted by atomic mass is 10.0. The first-order valence-electron chi connectivity index (χ1n) is 6.63. The molecule has 1 saturated heterocycles. The molecule has 100 valence electrons. The summed E-state index contributed by atoms with van der Waals surface area (Å²) in [7, 11) is 0. The largest absolute Gasteiger partial charge is 0.451 e. The number of carbonyl (C=O) groups is 1. The molecular weight excluding hydrogens is 240 g/mol. The van der Waals surface area contributed by atoms with Crippen molar-refractivity contribution >= 4 is 16.9 Å². The highest BCUT2D eigenvalue weighted by Crippen LogP contribution is 2.23. The minimum Gasteiger partial charge on any atom is -0.451 e. The van der Waals surface area contributed by atoms with Gasteiger partial charge in [0.05, 0.1) is 0 Å². The molecule has 2 N–H and O–H groups in total. The smallest absolute Gasteiger partial charge is 0.287 e. The van der Waals surface area contributed by atoms with Crippen molar-refractivity contribution in [1.29, 1.82) is 0 Å². The van der Waals surface area contributed by atoms with E-state index in [-0.39, 0.29) is 5.91 Å². The van der Waals surface area contributed by atoms with Crippen molar-refractivity contribution in [1.82, 2.24) is 10.6 Å². The Labute approximate surface area is 112 Å². The van der Waals surface area contributed by atoms with Crippen LogP contribution < -0.4 is 10.6 Å². The van der Waals surface area contributed by atoms with Crippen molar-refractivity contribution in [2.24, 2.45) is 5.92 Å². The Balaban J connectivity index is 1.78. The minimum atomic E-state index is -0.126. The van der Waals surface area contributed by atoms with Gasteiger partial charge in [-0.1, -0.05) is 0 Å². The van der Waals surface area contributed by atoms with Crippen molar-refractivity contribution in [2.75, 3.05) is 19.6 Å². The molecule has 1 aliphatic heterocycles. The monoisotopic (exact) mass is 258 g/mol. The summed E-state index contributed by atoms with van der Waals surface area (Å²) < 4.78 is 5.62. The van der Waals surface area contributed by atoms with Crippen molar-refractivity contribution in [3.8, 4) is 0 Å². The third-order valence-corrected chi connectivity index (χ3v) is 3.77. The van der Waals surface area contributed by atoms with E-state index in [0.717, 1.165) is 24.1 Å². The number of furan rings is 1. The van der Waals surface area contributed by atoms with Gasteiger partial charge in [0, 0.05) is 30.9 Å². The van der Waals surface area contributed by atoms with Crippen LogP contribution in [-0.2, 0) is 0 Å². The highest BCUT2D eigenvalue weighted by atomic mass is 16.3. The topological polar surface area (TPSA) is 54.3 Å². The molecule has 1 aliphatic rings. The number of carbonyl (C=O) groups excluding carboxylic acids is 1. The van der Waals surface area contributed by atoms with E-state index in [4.69, 9.17) is 4.42 Å². The number of rotatable bonds is 3. The molecule has 0 atom stereocenters. The summed E-state index contributed by atoms with van der Waals surface area (Å²) in [5.41, 5.74) is 3.16. The highest BCUT2D eigenvalue weighted by molar-refractivity contribution is 5.96. The van der Waals surface area contributed by atoms with Crippen molar-refractivity contribution in [3.63, 3.8) is 0 Å². The van der Waals surface area contributed by atoms with Crippen LogP contribution in [-0.4, -0.2) is 25.5 Å². The van der Waals surface area contributed by atoms with E-state index in [1.807, 2.05) is 19.1 Å². The molecule has 1 amide bonds. The van der Waals surface area contributed by atoms with Crippen molar-refractivity contribution in [2.45, 2.75) is 13.8 Å². The van der Waals surface area contributed by atoms with Gasteiger partial charge in [-0.3, -0.25) is 4.79 Å². The molecule has 19 heavy (non-hydrogen) atoms. The second-order valence-corrected chi connectivity index (χ2v) is 5.32. The average molecular weight is 258 g/mol. The lowest BCUT2D eigenvalue weighted by Gasteiger charge is -2.26. The van der Waals surface area contributed by atoms with E-state index in [2.05, 4.69) is 23.6 Å². The van der Waals surface area contributed by atoms with Crippen LogP contribution in [0, 0.1) is 19.8 Å². The van der Waals surface area contributed by atoms with Crippen LogP contribution in [0.25, 0.3) is 11.0 Å². The van der Waals surface area contributed by atoms with Gasteiger partial charge >= 0.3 is 0 Å². The predicted molar refractivity (Wildman–Crippen MR) is 74.4 cm³/mol. The molecule has 0 bridgehead atoms. The van der Waals surface area contributed by atoms with Crippen LogP contribution in [0.5, 0.6) is 0 Å². The second-order valence-electron chi connectivity index (χ2n) is 5.32. The normalized spacial score (nSPS) is 15.5. The number of fused-ring (bicyclic) bond motifs is 1. The number of hydrogen-bond donors (Lipinski definition) is 2. The summed E-state index contributed by atoms with van der Waals surface area (Å²) in [5.74, 6) is 0.823. The van der Waals surface area contributed by atoms with Crippen LogP contribution in [0.15, 0.2) is 22.6 Å². The Hall–Kier alpha value is -1.81. The number of nitrogens with one attached hydrogen (secondary N) is 2. The molecule has 1 aromatic carbocycles. The summed E-state index contributed by atoms with van der Waals surface area (Å²) in [5, 5.41) is 7.09. The third-order valence-electron chi connectivity index (χ3n) is 3.77. The maximum atomic E-state index is 12.0. The molecule has 4 nitrogen and oxygen atoms in total. The molecule has 0 unspecified atom stereocenters. The maximum absolute atomic E-state index is 12.0. The Bertz CT molecular complexity index is 587. The molecule has 4 heteroatoms. The van der Waals surface area contributed by atoms with Crippen LogP contribution in [0.4, 0.5) is 0 Å². The fraction of sp³-hybridized carbons (Fsp3) is 0.400. The Morgan fingerprint density at radius 1 is 1.32 bits per heavy atom. The molecule has 0 radical (unpaired) electrons. The second kappa shape index (κ2) is 4.70. The van der Waals surface area contributed by atoms with E-state index in [0.29, 0.717) is 18.2 Å². The van der Waals surface area contributed by atoms with Crippen LogP contribution in [0.2, 0.25) is 0 Å². The number of aryl methyl sites for hydroxylation is 2. The first-order valence-corrected chi connectivity index (χ1v) is 6.63. The Morgan fingerprint density at radius 3 is 2.74 bits per heavy atom. The molecule has 2 aromatic rings. The van der Waals surface area contributed by atoms with E-state index < -0.39 is 0 Å². The quantitative estimate of drug-likeness (QED) is 0.885. The maximum Gasteiger partial charge on any atom is 0.287 e. The summed E-state index contributed by atoms with van der Waals surface area (Å²) in [6.07, 6.45) is 0. The minimum absolute atomic E-state index is 0.126. The molecule has 0 aliphatic carbocycles. The molecule has 3 rings (SSSR count). The van der Waals surface area contributed by atoms with Crippen LogP contribution >= 0.6 is 0 Å². The van der Waals surface area contributed by atoms with E-state index >= 15 is 0 Å². The third kappa shape index (κ3) is 2.36. The molecule has 2 heterocycles. The number of amides is 1. The predicted octanol–water partition coefficient (Wildman–Crippen LogP) is 2.00. The average Bonchev–Trinajstić information content (AvgIpc) is 2.70. The summed E-state index contributed by atoms with van der Waals surface area (Å²) in [6.45, 7) is 6.78. The Kier molecular flexibility index (Phi) is 3.03. The number of benzene rings is 1. The lowest BCUT2D eigenvalue weighted by molar-refractivity contribution is 0.0916. The number of hydrogen-bond acceptors (Lipinski definition) is 3. The van der Waals surface area contributed by atoms with Gasteiger partial charge in [0.25, 0.3) is 5.91 Å². The molecule has 1 fully saturated rings. The van der Waals surface area contributed by atoms with Gasteiger partial charge in [-0.05, 0) is 43.2 Å². The lowest BCUT2D eigenvalue weighted by Crippen LogP contribution is -2.48. The van der Waals surface area contributed by atoms with Crippen LogP contribution in [0.3, 0.4) is 0 Å². The first kappa shape index (κ1) is 12.2. The van der Waals surface area contributed by atoms with Crippen LogP contribution in [0.1, 0.15) is 21.7 Å². The van der Waals surface area contributed by atoms with Crippen molar-refractivity contribution in [3.05, 3.63) is 35.1 Å². The van der Waals surface area contributed by atoms with E-state index in [1.165, 1.54) is 11.1 Å². The van der Waals surface area contributed by atoms with Gasteiger partial charge in [0.15, 0.2) is 5.76 Å². The van der Waals surface area contributed by atoms with E-state index in [9.17, 15) is 4.79 Å². The van der Waals surface area contributed by atoms with Crippen molar-refractivity contribution < 1.29 is 9.21 Å².